The maximum atomic E-state index is 9.88. The quantitative estimate of drug-likeness (QED) is 0.333. The molecule has 0 spiro atoms. The third-order valence-electron chi connectivity index (χ3n) is 4.41. The Balaban J connectivity index is 1.89. The molecule has 142 valence electrons. The molecular formula is C19H36O5. The van der Waals surface area contributed by atoms with Crippen LogP contribution in [0, 0.1) is 0 Å². The zero-order valence-corrected chi connectivity index (χ0v) is 15.1. The fourth-order valence-corrected chi connectivity index (χ4v) is 2.84. The normalized spacial score (nSPS) is 25.6. The molecule has 0 amide bonds. The molecule has 4 atom stereocenters. The summed E-state index contributed by atoms with van der Waals surface area (Å²) in [5.41, 5.74) is 0. The summed E-state index contributed by atoms with van der Waals surface area (Å²) >= 11 is 0. The molecule has 3 N–H and O–H groups in total. The molecule has 0 saturated carbocycles. The standard InChI is InChI=1S/C19H36O5/c1-2-3-4-5-6-7-8-9-10-11-12-13-23-14-17(21)19-18(22)16(20)15-24-19/h9-10,16-22H,2-8,11-15H2,1H3/b10-9+/t16-,17+,18-,19-/m0/s1. The van der Waals surface area contributed by atoms with Crippen molar-refractivity contribution >= 4 is 0 Å². The molecule has 5 heteroatoms. The average molecular weight is 344 g/mol. The monoisotopic (exact) mass is 344 g/mol. The van der Waals surface area contributed by atoms with Crippen LogP contribution in [0.2, 0.25) is 0 Å². The lowest BCUT2D eigenvalue weighted by Crippen LogP contribution is -2.40. The predicted octanol–water partition coefficient (Wildman–Crippen LogP) is 2.57. The van der Waals surface area contributed by atoms with E-state index in [1.54, 1.807) is 0 Å². The van der Waals surface area contributed by atoms with Gasteiger partial charge in [-0.25, -0.2) is 0 Å². The fourth-order valence-electron chi connectivity index (χ4n) is 2.84. The summed E-state index contributed by atoms with van der Waals surface area (Å²) in [6.45, 7) is 3.00. The summed E-state index contributed by atoms with van der Waals surface area (Å²) in [7, 11) is 0. The number of rotatable bonds is 14. The second-order valence-corrected chi connectivity index (χ2v) is 6.67. The average Bonchev–Trinajstić information content (AvgIpc) is 2.91. The van der Waals surface area contributed by atoms with Crippen molar-refractivity contribution in [3.8, 4) is 0 Å². The van der Waals surface area contributed by atoms with Crippen LogP contribution < -0.4 is 0 Å². The summed E-state index contributed by atoms with van der Waals surface area (Å²) in [5.74, 6) is 0. The van der Waals surface area contributed by atoms with Crippen molar-refractivity contribution in [2.75, 3.05) is 19.8 Å². The Labute approximate surface area is 146 Å². The smallest absolute Gasteiger partial charge is 0.114 e. The van der Waals surface area contributed by atoms with Gasteiger partial charge in [0.1, 0.15) is 24.4 Å². The summed E-state index contributed by atoms with van der Waals surface area (Å²) in [4.78, 5) is 0. The molecule has 1 aliphatic heterocycles. The number of hydrogen-bond donors (Lipinski definition) is 3. The number of unbranched alkanes of at least 4 members (excludes halogenated alkanes) is 7. The Hall–Kier alpha value is -0.460. The summed E-state index contributed by atoms with van der Waals surface area (Å²) < 4.78 is 10.6. The van der Waals surface area contributed by atoms with Crippen molar-refractivity contribution in [1.82, 2.24) is 0 Å². The van der Waals surface area contributed by atoms with E-state index in [1.165, 1.54) is 38.5 Å². The van der Waals surface area contributed by atoms with Gasteiger partial charge in [0.2, 0.25) is 0 Å². The number of aliphatic hydroxyl groups excluding tert-OH is 3. The van der Waals surface area contributed by atoms with Crippen molar-refractivity contribution in [3.05, 3.63) is 12.2 Å². The molecule has 0 aromatic rings. The van der Waals surface area contributed by atoms with Crippen LogP contribution in [-0.2, 0) is 9.47 Å². The van der Waals surface area contributed by atoms with E-state index in [0.717, 1.165) is 19.3 Å². The summed E-state index contributed by atoms with van der Waals surface area (Å²) in [6, 6.07) is 0. The lowest BCUT2D eigenvalue weighted by molar-refractivity contribution is -0.0811. The third-order valence-corrected chi connectivity index (χ3v) is 4.41. The molecule has 1 heterocycles. The molecule has 5 nitrogen and oxygen atoms in total. The Kier molecular flexibility index (Phi) is 12.4. The SMILES string of the molecule is CCCCCCCC/C=C/CCCOC[C@@H](O)[C@@H]1OC[C@H](O)[C@@H]1O. The lowest BCUT2D eigenvalue weighted by Gasteiger charge is -2.20. The van der Waals surface area contributed by atoms with E-state index < -0.39 is 24.4 Å². The van der Waals surface area contributed by atoms with Crippen LogP contribution in [0.25, 0.3) is 0 Å². The summed E-state index contributed by atoms with van der Waals surface area (Å²) in [5, 5.41) is 28.9. The topological polar surface area (TPSA) is 79.2 Å². The highest BCUT2D eigenvalue weighted by Crippen LogP contribution is 2.17. The molecule has 24 heavy (non-hydrogen) atoms. The molecule has 1 fully saturated rings. The van der Waals surface area contributed by atoms with E-state index >= 15 is 0 Å². The molecule has 0 radical (unpaired) electrons. The van der Waals surface area contributed by atoms with Gasteiger partial charge in [0.15, 0.2) is 0 Å². The van der Waals surface area contributed by atoms with Gasteiger partial charge >= 0.3 is 0 Å². The predicted molar refractivity (Wildman–Crippen MR) is 94.9 cm³/mol. The van der Waals surface area contributed by atoms with Gasteiger partial charge < -0.3 is 24.8 Å². The Morgan fingerprint density at radius 2 is 1.71 bits per heavy atom. The van der Waals surface area contributed by atoms with Crippen LogP contribution >= 0.6 is 0 Å². The number of ether oxygens (including phenoxy) is 2. The molecule has 0 aliphatic carbocycles. The van der Waals surface area contributed by atoms with Gasteiger partial charge in [0.05, 0.1) is 13.2 Å². The molecule has 0 unspecified atom stereocenters. The maximum Gasteiger partial charge on any atom is 0.114 e. The highest BCUT2D eigenvalue weighted by Gasteiger charge is 2.39. The first-order chi connectivity index (χ1) is 11.7. The Morgan fingerprint density at radius 3 is 2.38 bits per heavy atom. The number of hydrogen-bond acceptors (Lipinski definition) is 5. The minimum absolute atomic E-state index is 0.0618. The van der Waals surface area contributed by atoms with Crippen LogP contribution in [0.5, 0.6) is 0 Å². The lowest BCUT2D eigenvalue weighted by atomic mass is 10.1. The molecule has 0 aromatic carbocycles. The minimum atomic E-state index is -1.03. The van der Waals surface area contributed by atoms with Gasteiger partial charge in [0.25, 0.3) is 0 Å². The maximum absolute atomic E-state index is 9.88. The second-order valence-electron chi connectivity index (χ2n) is 6.67. The largest absolute Gasteiger partial charge is 0.388 e. The number of aliphatic hydroxyl groups is 3. The molecule has 0 aromatic heterocycles. The van der Waals surface area contributed by atoms with E-state index in [9.17, 15) is 15.3 Å². The number of allylic oxidation sites excluding steroid dienone is 2. The minimum Gasteiger partial charge on any atom is -0.388 e. The third kappa shape index (κ3) is 9.14. The van der Waals surface area contributed by atoms with Gasteiger partial charge in [-0.05, 0) is 25.7 Å². The van der Waals surface area contributed by atoms with Gasteiger partial charge in [0, 0.05) is 6.61 Å². The highest BCUT2D eigenvalue weighted by atomic mass is 16.5. The van der Waals surface area contributed by atoms with Crippen LogP contribution in [0.1, 0.15) is 64.7 Å². The highest BCUT2D eigenvalue weighted by molar-refractivity contribution is 4.87. The molecule has 0 bridgehead atoms. The van der Waals surface area contributed by atoms with E-state index in [4.69, 9.17) is 9.47 Å². The first-order valence-corrected chi connectivity index (χ1v) is 9.55. The molecule has 1 rings (SSSR count). The van der Waals surface area contributed by atoms with E-state index in [0.29, 0.717) is 6.61 Å². The molecule has 1 saturated heterocycles. The second kappa shape index (κ2) is 13.8. The van der Waals surface area contributed by atoms with Crippen molar-refractivity contribution in [1.29, 1.82) is 0 Å². The zero-order valence-electron chi connectivity index (χ0n) is 15.1. The van der Waals surface area contributed by atoms with Gasteiger partial charge in [-0.3, -0.25) is 0 Å². The van der Waals surface area contributed by atoms with Crippen LogP contribution in [0.3, 0.4) is 0 Å². The van der Waals surface area contributed by atoms with Crippen molar-refractivity contribution in [2.24, 2.45) is 0 Å². The van der Waals surface area contributed by atoms with Crippen LogP contribution in [0.4, 0.5) is 0 Å². The van der Waals surface area contributed by atoms with Crippen molar-refractivity contribution in [3.63, 3.8) is 0 Å². The first-order valence-electron chi connectivity index (χ1n) is 9.55. The van der Waals surface area contributed by atoms with Crippen LogP contribution in [-0.4, -0.2) is 59.6 Å². The van der Waals surface area contributed by atoms with Gasteiger partial charge in [-0.2, -0.15) is 0 Å². The first kappa shape index (κ1) is 21.6. The van der Waals surface area contributed by atoms with Crippen LogP contribution in [0.15, 0.2) is 12.2 Å². The Morgan fingerprint density at radius 1 is 1.04 bits per heavy atom. The fraction of sp³-hybridized carbons (Fsp3) is 0.895. The molecule has 1 aliphatic rings. The van der Waals surface area contributed by atoms with Gasteiger partial charge in [-0.15, -0.1) is 0 Å². The van der Waals surface area contributed by atoms with E-state index in [-0.39, 0.29) is 13.2 Å². The van der Waals surface area contributed by atoms with Gasteiger partial charge in [-0.1, -0.05) is 51.2 Å². The van der Waals surface area contributed by atoms with E-state index in [2.05, 4.69) is 19.1 Å². The Bertz CT molecular complexity index is 321. The van der Waals surface area contributed by atoms with E-state index in [1.807, 2.05) is 0 Å². The zero-order chi connectivity index (χ0) is 17.6. The van der Waals surface area contributed by atoms with Crippen molar-refractivity contribution in [2.45, 2.75) is 89.1 Å². The summed E-state index contributed by atoms with van der Waals surface area (Å²) in [6.07, 6.45) is 11.9. The van der Waals surface area contributed by atoms with Crippen molar-refractivity contribution < 1.29 is 24.8 Å². The molecular weight excluding hydrogens is 308 g/mol.